The molecule has 3 nitrogen and oxygen atoms in total. The van der Waals surface area contributed by atoms with Gasteiger partial charge < -0.3 is 10.2 Å². The quantitative estimate of drug-likeness (QED) is 0.863. The zero-order chi connectivity index (χ0) is 14.5. The molecule has 1 aliphatic rings. The van der Waals surface area contributed by atoms with Gasteiger partial charge in [0.25, 0.3) is 0 Å². The highest BCUT2D eigenvalue weighted by Crippen LogP contribution is 2.17. The summed E-state index contributed by atoms with van der Waals surface area (Å²) in [6.07, 6.45) is 1.23. The molecule has 0 spiro atoms. The van der Waals surface area contributed by atoms with Gasteiger partial charge in [0.05, 0.1) is 0 Å². The number of nitrogens with one attached hydrogen (secondary N) is 1. The highest BCUT2D eigenvalue weighted by molar-refractivity contribution is 7.80. The minimum absolute atomic E-state index is 0.855. The third-order valence-corrected chi connectivity index (χ3v) is 4.18. The molecule has 0 radical (unpaired) electrons. The van der Waals surface area contributed by atoms with Crippen LogP contribution in [0.3, 0.4) is 0 Å². The largest absolute Gasteiger partial charge is 0.346 e. The van der Waals surface area contributed by atoms with Gasteiger partial charge in [0.15, 0.2) is 5.11 Å². The summed E-state index contributed by atoms with van der Waals surface area (Å²) in [6.45, 7) is 11.9. The molecule has 1 N–H and O–H groups in total. The van der Waals surface area contributed by atoms with Crippen LogP contribution < -0.4 is 5.32 Å². The van der Waals surface area contributed by atoms with Crippen molar-refractivity contribution in [2.24, 2.45) is 0 Å². The first-order valence-electron chi connectivity index (χ1n) is 7.45. The smallest absolute Gasteiger partial charge is 0.173 e. The van der Waals surface area contributed by atoms with Crippen LogP contribution in [-0.4, -0.2) is 47.6 Å². The minimum Gasteiger partial charge on any atom is -0.346 e. The van der Waals surface area contributed by atoms with E-state index in [0.717, 1.165) is 37.0 Å². The van der Waals surface area contributed by atoms with E-state index in [1.54, 1.807) is 0 Å². The first-order valence-corrected chi connectivity index (χ1v) is 7.86. The summed E-state index contributed by atoms with van der Waals surface area (Å²) in [6, 6.07) is 6.42. The van der Waals surface area contributed by atoms with E-state index in [4.69, 9.17) is 12.2 Å². The molecule has 110 valence electrons. The van der Waals surface area contributed by atoms with Gasteiger partial charge in [-0.05, 0) is 50.7 Å². The van der Waals surface area contributed by atoms with Crippen molar-refractivity contribution >= 4 is 23.0 Å². The first kappa shape index (κ1) is 15.3. The normalized spacial score (nSPS) is 16.2. The molecule has 1 aliphatic heterocycles. The second kappa shape index (κ2) is 7.04. The highest BCUT2D eigenvalue weighted by atomic mass is 32.1. The average molecular weight is 291 g/mol. The Morgan fingerprint density at radius 2 is 1.90 bits per heavy atom. The molecule has 0 unspecified atom stereocenters. The van der Waals surface area contributed by atoms with Gasteiger partial charge in [-0.1, -0.05) is 24.6 Å². The number of hydrogen-bond donors (Lipinski definition) is 1. The summed E-state index contributed by atoms with van der Waals surface area (Å²) in [7, 11) is 0. The van der Waals surface area contributed by atoms with E-state index >= 15 is 0 Å². The van der Waals surface area contributed by atoms with Gasteiger partial charge in [-0.3, -0.25) is 4.90 Å². The van der Waals surface area contributed by atoms with Gasteiger partial charge in [-0.15, -0.1) is 0 Å². The van der Waals surface area contributed by atoms with Crippen LogP contribution in [0.2, 0.25) is 0 Å². The van der Waals surface area contributed by atoms with Crippen LogP contribution in [-0.2, 0) is 0 Å². The summed E-state index contributed by atoms with van der Waals surface area (Å²) in [5, 5.41) is 4.25. The lowest BCUT2D eigenvalue weighted by Crippen LogP contribution is -2.50. The minimum atomic E-state index is 0.855. The van der Waals surface area contributed by atoms with Gasteiger partial charge in [0.2, 0.25) is 0 Å². The molecule has 1 fully saturated rings. The zero-order valence-electron chi connectivity index (χ0n) is 12.8. The molecule has 0 aromatic heterocycles. The van der Waals surface area contributed by atoms with Crippen molar-refractivity contribution in [1.29, 1.82) is 0 Å². The van der Waals surface area contributed by atoms with Gasteiger partial charge in [-0.2, -0.15) is 0 Å². The molecule has 0 amide bonds. The van der Waals surface area contributed by atoms with Crippen molar-refractivity contribution in [1.82, 2.24) is 9.80 Å². The predicted octanol–water partition coefficient (Wildman–Crippen LogP) is 3.03. The third kappa shape index (κ3) is 3.93. The van der Waals surface area contributed by atoms with Crippen LogP contribution in [0.4, 0.5) is 5.69 Å². The van der Waals surface area contributed by atoms with Crippen molar-refractivity contribution < 1.29 is 0 Å². The van der Waals surface area contributed by atoms with Crippen molar-refractivity contribution in [2.45, 2.75) is 27.2 Å². The van der Waals surface area contributed by atoms with E-state index in [2.05, 4.69) is 54.1 Å². The first-order chi connectivity index (χ1) is 9.60. The fourth-order valence-electron chi connectivity index (χ4n) is 2.64. The Hall–Kier alpha value is -1.13. The van der Waals surface area contributed by atoms with Crippen molar-refractivity contribution in [2.75, 3.05) is 38.0 Å². The Bertz CT molecular complexity index is 465. The fraction of sp³-hybridized carbons (Fsp3) is 0.562. The number of hydrogen-bond acceptors (Lipinski definition) is 2. The third-order valence-electron chi connectivity index (χ3n) is 3.82. The number of aryl methyl sites for hydroxylation is 2. The maximum absolute atomic E-state index is 5.55. The van der Waals surface area contributed by atoms with Crippen LogP contribution in [0.25, 0.3) is 0 Å². The summed E-state index contributed by atoms with van der Waals surface area (Å²) < 4.78 is 0. The van der Waals surface area contributed by atoms with Crippen molar-refractivity contribution in [3.8, 4) is 0 Å². The summed E-state index contributed by atoms with van der Waals surface area (Å²) in [5.41, 5.74) is 3.65. The molecule has 0 bridgehead atoms. The molecule has 2 rings (SSSR count). The summed E-state index contributed by atoms with van der Waals surface area (Å²) in [5.74, 6) is 0. The molecule has 1 heterocycles. The van der Waals surface area contributed by atoms with Gasteiger partial charge in [0, 0.05) is 31.9 Å². The number of thiocarbonyl (C=S) groups is 1. The van der Waals surface area contributed by atoms with E-state index in [0.29, 0.717) is 0 Å². The van der Waals surface area contributed by atoms with Gasteiger partial charge >= 0.3 is 0 Å². The van der Waals surface area contributed by atoms with E-state index < -0.39 is 0 Å². The van der Waals surface area contributed by atoms with E-state index in [-0.39, 0.29) is 0 Å². The van der Waals surface area contributed by atoms with Gasteiger partial charge in [-0.25, -0.2) is 0 Å². The molecule has 1 aromatic rings. The topological polar surface area (TPSA) is 18.5 Å². The van der Waals surface area contributed by atoms with Crippen LogP contribution in [0.1, 0.15) is 24.5 Å². The number of benzene rings is 1. The molecular formula is C16H25N3S. The van der Waals surface area contributed by atoms with E-state index in [9.17, 15) is 0 Å². The van der Waals surface area contributed by atoms with Crippen molar-refractivity contribution in [3.05, 3.63) is 29.3 Å². The van der Waals surface area contributed by atoms with Crippen LogP contribution in [0.5, 0.6) is 0 Å². The monoisotopic (exact) mass is 291 g/mol. The SMILES string of the molecule is CCCN1CCN(C(=S)Nc2ccc(C)cc2C)CC1. The Labute approximate surface area is 128 Å². The second-order valence-corrected chi connectivity index (χ2v) is 5.96. The predicted molar refractivity (Wildman–Crippen MR) is 90.4 cm³/mol. The van der Waals surface area contributed by atoms with Gasteiger partial charge in [0.1, 0.15) is 0 Å². The number of piperazine rings is 1. The maximum atomic E-state index is 5.55. The lowest BCUT2D eigenvalue weighted by Gasteiger charge is -2.36. The standard InChI is InChI=1S/C16H25N3S/c1-4-7-18-8-10-19(11-9-18)16(20)17-15-6-5-13(2)12-14(15)3/h5-6,12H,4,7-11H2,1-3H3,(H,17,20). The van der Waals surface area contributed by atoms with E-state index in [1.165, 1.54) is 24.1 Å². The van der Waals surface area contributed by atoms with Crippen LogP contribution >= 0.6 is 12.2 Å². The summed E-state index contributed by atoms with van der Waals surface area (Å²) in [4.78, 5) is 4.79. The Morgan fingerprint density at radius 1 is 1.20 bits per heavy atom. The highest BCUT2D eigenvalue weighted by Gasteiger charge is 2.18. The molecule has 0 saturated carbocycles. The van der Waals surface area contributed by atoms with E-state index in [1.807, 2.05) is 0 Å². The lowest BCUT2D eigenvalue weighted by molar-refractivity contribution is 0.184. The number of anilines is 1. The van der Waals surface area contributed by atoms with Crippen molar-refractivity contribution in [3.63, 3.8) is 0 Å². The van der Waals surface area contributed by atoms with Crippen LogP contribution in [0.15, 0.2) is 18.2 Å². The number of rotatable bonds is 3. The Morgan fingerprint density at radius 3 is 2.50 bits per heavy atom. The Kier molecular flexibility index (Phi) is 5.38. The molecule has 0 atom stereocenters. The molecule has 1 aromatic carbocycles. The molecule has 20 heavy (non-hydrogen) atoms. The second-order valence-electron chi connectivity index (χ2n) is 5.58. The average Bonchev–Trinajstić information content (AvgIpc) is 2.43. The Balaban J connectivity index is 1.89. The van der Waals surface area contributed by atoms with Crippen LogP contribution in [0, 0.1) is 13.8 Å². The zero-order valence-corrected chi connectivity index (χ0v) is 13.6. The molecule has 1 saturated heterocycles. The number of nitrogens with zero attached hydrogens (tertiary/aromatic N) is 2. The molecule has 0 aliphatic carbocycles. The maximum Gasteiger partial charge on any atom is 0.173 e. The fourth-order valence-corrected chi connectivity index (χ4v) is 2.93. The summed E-state index contributed by atoms with van der Waals surface area (Å²) >= 11 is 5.55. The lowest BCUT2D eigenvalue weighted by atomic mass is 10.1. The molecular weight excluding hydrogens is 266 g/mol. The molecule has 4 heteroatoms.